The van der Waals surface area contributed by atoms with Crippen LogP contribution in [0.3, 0.4) is 0 Å². The average molecular weight is 297 g/mol. The Balaban J connectivity index is 1.47. The number of halogens is 1. The Labute approximate surface area is 126 Å². The highest BCUT2D eigenvalue weighted by molar-refractivity contribution is 6.30. The number of imidazole rings is 1. The van der Waals surface area contributed by atoms with E-state index >= 15 is 0 Å². The van der Waals surface area contributed by atoms with E-state index in [1.165, 1.54) is 38.8 Å². The molecule has 20 heavy (non-hydrogen) atoms. The summed E-state index contributed by atoms with van der Waals surface area (Å²) in [6.07, 6.45) is 7.40. The van der Waals surface area contributed by atoms with Crippen LogP contribution in [0.2, 0.25) is 5.15 Å². The van der Waals surface area contributed by atoms with Gasteiger partial charge in [-0.1, -0.05) is 24.9 Å². The fourth-order valence-corrected chi connectivity index (χ4v) is 3.21. The van der Waals surface area contributed by atoms with E-state index in [0.717, 1.165) is 36.9 Å². The smallest absolute Gasteiger partial charge is 0.151 e. The fraction of sp³-hybridized carbons (Fsp3) is 0.800. The lowest BCUT2D eigenvalue weighted by molar-refractivity contribution is 0.317. The van der Waals surface area contributed by atoms with Gasteiger partial charge >= 0.3 is 0 Å². The standard InChI is InChI=1S/C15H25ClN4/c1-2-3-4-14-18-13(15(16)19-14)9-17-11-7-8-20(10-11)12-5-6-12/h11-12,17H,2-10H2,1H3,(H,18,19). The van der Waals surface area contributed by atoms with Crippen molar-refractivity contribution >= 4 is 11.6 Å². The molecule has 0 spiro atoms. The average Bonchev–Trinajstić information content (AvgIpc) is 3.08. The van der Waals surface area contributed by atoms with Gasteiger partial charge in [-0.05, 0) is 25.7 Å². The second kappa shape index (κ2) is 6.46. The molecule has 1 atom stereocenters. The molecule has 1 aliphatic carbocycles. The van der Waals surface area contributed by atoms with E-state index in [0.29, 0.717) is 11.2 Å². The lowest BCUT2D eigenvalue weighted by Gasteiger charge is -2.15. The van der Waals surface area contributed by atoms with Crippen molar-refractivity contribution in [3.63, 3.8) is 0 Å². The predicted octanol–water partition coefficient (Wildman–Crippen LogP) is 2.73. The Morgan fingerprint density at radius 2 is 2.25 bits per heavy atom. The molecule has 0 radical (unpaired) electrons. The van der Waals surface area contributed by atoms with E-state index in [-0.39, 0.29) is 0 Å². The molecule has 5 heteroatoms. The van der Waals surface area contributed by atoms with E-state index in [1.807, 2.05) is 0 Å². The molecule has 0 aromatic carbocycles. The Morgan fingerprint density at radius 1 is 1.40 bits per heavy atom. The van der Waals surface area contributed by atoms with E-state index in [1.54, 1.807) is 0 Å². The number of hydrogen-bond acceptors (Lipinski definition) is 3. The summed E-state index contributed by atoms with van der Waals surface area (Å²) in [7, 11) is 0. The highest BCUT2D eigenvalue weighted by Crippen LogP contribution is 2.29. The van der Waals surface area contributed by atoms with Gasteiger partial charge in [0.2, 0.25) is 0 Å². The predicted molar refractivity (Wildman–Crippen MR) is 82.0 cm³/mol. The summed E-state index contributed by atoms with van der Waals surface area (Å²) in [5.41, 5.74) is 1.04. The van der Waals surface area contributed by atoms with Crippen molar-refractivity contribution < 1.29 is 0 Å². The van der Waals surface area contributed by atoms with Crippen LogP contribution in [0.25, 0.3) is 0 Å². The number of aryl methyl sites for hydroxylation is 1. The lowest BCUT2D eigenvalue weighted by atomic mass is 10.2. The minimum Gasteiger partial charge on any atom is -0.344 e. The Morgan fingerprint density at radius 3 is 3.00 bits per heavy atom. The van der Waals surface area contributed by atoms with E-state index < -0.39 is 0 Å². The van der Waals surface area contributed by atoms with Crippen LogP contribution in [0.4, 0.5) is 0 Å². The van der Waals surface area contributed by atoms with Crippen LogP contribution < -0.4 is 5.32 Å². The molecule has 1 aliphatic heterocycles. The molecule has 2 aliphatic rings. The van der Waals surface area contributed by atoms with Crippen LogP contribution in [-0.2, 0) is 13.0 Å². The molecule has 1 saturated carbocycles. The third-order valence-electron chi connectivity index (χ3n) is 4.39. The highest BCUT2D eigenvalue weighted by atomic mass is 35.5. The molecule has 1 unspecified atom stereocenters. The number of nitrogens with zero attached hydrogens (tertiary/aromatic N) is 2. The zero-order valence-corrected chi connectivity index (χ0v) is 13.0. The van der Waals surface area contributed by atoms with Crippen LogP contribution in [0.5, 0.6) is 0 Å². The number of hydrogen-bond donors (Lipinski definition) is 2. The number of rotatable bonds is 7. The molecule has 0 amide bonds. The van der Waals surface area contributed by atoms with Crippen molar-refractivity contribution in [1.82, 2.24) is 20.2 Å². The molecule has 2 N–H and O–H groups in total. The normalized spacial score (nSPS) is 23.6. The topological polar surface area (TPSA) is 44.0 Å². The SMILES string of the molecule is CCCCc1nc(Cl)c(CNC2CCN(C3CC3)C2)[nH]1. The molecule has 112 valence electrons. The third-order valence-corrected chi connectivity index (χ3v) is 4.71. The summed E-state index contributed by atoms with van der Waals surface area (Å²) in [6, 6.07) is 1.49. The maximum atomic E-state index is 6.21. The van der Waals surface area contributed by atoms with Crippen molar-refractivity contribution in [1.29, 1.82) is 0 Å². The highest BCUT2D eigenvalue weighted by Gasteiger charge is 2.34. The minimum atomic E-state index is 0.606. The van der Waals surface area contributed by atoms with Gasteiger partial charge < -0.3 is 10.3 Å². The Kier molecular flexibility index (Phi) is 4.64. The quantitative estimate of drug-likeness (QED) is 0.813. The Bertz CT molecular complexity index is 441. The van der Waals surface area contributed by atoms with E-state index in [4.69, 9.17) is 11.6 Å². The van der Waals surface area contributed by atoms with Gasteiger partial charge in [0.25, 0.3) is 0 Å². The summed E-state index contributed by atoms with van der Waals surface area (Å²) in [4.78, 5) is 10.4. The second-order valence-electron chi connectivity index (χ2n) is 6.15. The number of aromatic nitrogens is 2. The molecule has 4 nitrogen and oxygen atoms in total. The number of likely N-dealkylation sites (tertiary alicyclic amines) is 1. The summed E-state index contributed by atoms with van der Waals surface area (Å²) in [5.74, 6) is 1.03. The third kappa shape index (κ3) is 3.54. The zero-order chi connectivity index (χ0) is 13.9. The first-order valence-corrected chi connectivity index (χ1v) is 8.34. The van der Waals surface area contributed by atoms with Crippen molar-refractivity contribution in [2.75, 3.05) is 13.1 Å². The van der Waals surface area contributed by atoms with Gasteiger partial charge in [-0.2, -0.15) is 0 Å². The van der Waals surface area contributed by atoms with Gasteiger partial charge in [0.05, 0.1) is 5.69 Å². The van der Waals surface area contributed by atoms with Crippen molar-refractivity contribution in [2.24, 2.45) is 0 Å². The fourth-order valence-electron chi connectivity index (χ4n) is 2.99. The molecule has 1 aromatic rings. The molecule has 1 saturated heterocycles. The van der Waals surface area contributed by atoms with Crippen molar-refractivity contribution in [3.05, 3.63) is 16.7 Å². The van der Waals surface area contributed by atoms with Gasteiger partial charge in [-0.3, -0.25) is 4.90 Å². The second-order valence-corrected chi connectivity index (χ2v) is 6.51. The Hall–Kier alpha value is -0.580. The summed E-state index contributed by atoms with van der Waals surface area (Å²) >= 11 is 6.21. The first-order valence-electron chi connectivity index (χ1n) is 7.97. The van der Waals surface area contributed by atoms with Crippen molar-refractivity contribution in [3.8, 4) is 0 Å². The van der Waals surface area contributed by atoms with Crippen LogP contribution in [0.15, 0.2) is 0 Å². The first kappa shape index (κ1) is 14.4. The van der Waals surface area contributed by atoms with Gasteiger partial charge in [0, 0.05) is 38.1 Å². The molecular formula is C15H25ClN4. The number of aromatic amines is 1. The van der Waals surface area contributed by atoms with Gasteiger partial charge in [0.15, 0.2) is 5.15 Å². The molecular weight excluding hydrogens is 272 g/mol. The number of unbranched alkanes of at least 4 members (excludes halogenated alkanes) is 1. The largest absolute Gasteiger partial charge is 0.344 e. The number of nitrogens with one attached hydrogen (secondary N) is 2. The van der Waals surface area contributed by atoms with Crippen LogP contribution in [-0.4, -0.2) is 40.0 Å². The number of H-pyrrole nitrogens is 1. The molecule has 2 heterocycles. The summed E-state index contributed by atoms with van der Waals surface area (Å²) < 4.78 is 0. The van der Waals surface area contributed by atoms with E-state index in [9.17, 15) is 0 Å². The van der Waals surface area contributed by atoms with Crippen LogP contribution >= 0.6 is 11.6 Å². The van der Waals surface area contributed by atoms with Crippen molar-refractivity contribution in [2.45, 2.75) is 64.1 Å². The van der Waals surface area contributed by atoms with Crippen LogP contribution in [0, 0.1) is 0 Å². The molecule has 0 bridgehead atoms. The van der Waals surface area contributed by atoms with Gasteiger partial charge in [-0.25, -0.2) is 4.98 Å². The maximum absolute atomic E-state index is 6.21. The molecule has 2 fully saturated rings. The summed E-state index contributed by atoms with van der Waals surface area (Å²) in [5, 5.41) is 4.26. The zero-order valence-electron chi connectivity index (χ0n) is 12.3. The molecule has 1 aromatic heterocycles. The van der Waals surface area contributed by atoms with Gasteiger partial charge in [0.1, 0.15) is 5.82 Å². The van der Waals surface area contributed by atoms with E-state index in [2.05, 4.69) is 27.1 Å². The molecule has 3 rings (SSSR count). The lowest BCUT2D eigenvalue weighted by Crippen LogP contribution is -2.33. The maximum Gasteiger partial charge on any atom is 0.151 e. The summed E-state index contributed by atoms with van der Waals surface area (Å²) in [6.45, 7) is 5.44. The minimum absolute atomic E-state index is 0.606. The monoisotopic (exact) mass is 296 g/mol. The van der Waals surface area contributed by atoms with Gasteiger partial charge in [-0.15, -0.1) is 0 Å². The first-order chi connectivity index (χ1) is 9.76. The van der Waals surface area contributed by atoms with Crippen LogP contribution in [0.1, 0.15) is 50.5 Å².